The lowest BCUT2D eigenvalue weighted by Crippen LogP contribution is -2.54. The minimum atomic E-state index is -0.884. The molecule has 1 saturated carbocycles. The highest BCUT2D eigenvalue weighted by atomic mass is 16.7. The summed E-state index contributed by atoms with van der Waals surface area (Å²) >= 11 is 0. The summed E-state index contributed by atoms with van der Waals surface area (Å²) in [6.45, 7) is 4.09. The second kappa shape index (κ2) is 12.5. The molecule has 2 aliphatic rings. The van der Waals surface area contributed by atoms with Crippen molar-refractivity contribution in [1.29, 1.82) is 0 Å². The van der Waals surface area contributed by atoms with Gasteiger partial charge in [0.1, 0.15) is 18.5 Å². The van der Waals surface area contributed by atoms with Gasteiger partial charge in [-0.3, -0.25) is 9.59 Å². The van der Waals surface area contributed by atoms with Gasteiger partial charge in [0.2, 0.25) is 5.91 Å². The number of aliphatic hydroxyl groups is 1. The molecule has 1 saturated heterocycles. The number of nitrogens with one attached hydrogen (secondary N) is 4. The number of imidazole rings is 1. The van der Waals surface area contributed by atoms with Crippen LogP contribution < -0.4 is 10.6 Å². The van der Waals surface area contributed by atoms with Crippen LogP contribution >= 0.6 is 0 Å². The van der Waals surface area contributed by atoms with Crippen LogP contribution in [0.5, 0.6) is 0 Å². The highest BCUT2D eigenvalue weighted by molar-refractivity contribution is 6.00. The Kier molecular flexibility index (Phi) is 8.87. The van der Waals surface area contributed by atoms with Crippen molar-refractivity contribution in [1.82, 2.24) is 25.6 Å². The Labute approximate surface area is 234 Å². The number of hydrogen-bond donors (Lipinski definition) is 5. The monoisotopic (exact) mass is 551 g/mol. The summed E-state index contributed by atoms with van der Waals surface area (Å²) in [5, 5.41) is 18.3. The summed E-state index contributed by atoms with van der Waals surface area (Å²) in [6, 6.07) is 8.04. The fourth-order valence-corrected chi connectivity index (χ4v) is 5.93. The lowest BCUT2D eigenvalue weighted by atomic mass is 9.82. The molecule has 3 heterocycles. The Morgan fingerprint density at radius 3 is 2.65 bits per heavy atom. The molecule has 2 aromatic heterocycles. The van der Waals surface area contributed by atoms with E-state index in [1.807, 2.05) is 38.1 Å². The number of aliphatic hydroxyl groups excluding tert-OH is 1. The van der Waals surface area contributed by atoms with Crippen molar-refractivity contribution < 1.29 is 24.2 Å². The van der Waals surface area contributed by atoms with Gasteiger partial charge in [-0.05, 0) is 38.3 Å². The van der Waals surface area contributed by atoms with Crippen LogP contribution in [-0.2, 0) is 20.7 Å². The minimum Gasteiger partial charge on any atom is -0.391 e. The Balaban J connectivity index is 1.32. The van der Waals surface area contributed by atoms with Crippen molar-refractivity contribution in [3.05, 3.63) is 54.2 Å². The third kappa shape index (κ3) is 6.92. The van der Waals surface area contributed by atoms with Crippen LogP contribution in [0.25, 0.3) is 10.9 Å². The van der Waals surface area contributed by atoms with Crippen LogP contribution in [0.2, 0.25) is 0 Å². The maximum atomic E-state index is 13.8. The van der Waals surface area contributed by atoms with E-state index in [0.717, 1.165) is 36.6 Å². The molecule has 4 atom stereocenters. The molecule has 10 heteroatoms. The maximum Gasteiger partial charge on any atom is 0.268 e. The zero-order valence-electron chi connectivity index (χ0n) is 23.3. The summed E-state index contributed by atoms with van der Waals surface area (Å²) in [5.74, 6) is -0.308. The molecule has 2 amide bonds. The van der Waals surface area contributed by atoms with Gasteiger partial charge < -0.3 is 35.2 Å². The van der Waals surface area contributed by atoms with Gasteiger partial charge in [0, 0.05) is 29.9 Å². The number of ether oxygens (including phenoxy) is 2. The molecule has 40 heavy (non-hydrogen) atoms. The van der Waals surface area contributed by atoms with E-state index in [0.29, 0.717) is 30.1 Å². The smallest absolute Gasteiger partial charge is 0.268 e. The van der Waals surface area contributed by atoms with E-state index in [-0.39, 0.29) is 31.1 Å². The Morgan fingerprint density at radius 1 is 1.15 bits per heavy atom. The predicted molar refractivity (Wildman–Crippen MR) is 150 cm³/mol. The average molecular weight is 552 g/mol. The molecule has 1 aliphatic heterocycles. The molecule has 5 N–H and O–H groups in total. The second-order valence-corrected chi connectivity index (χ2v) is 11.7. The zero-order chi connectivity index (χ0) is 28.1. The fourth-order valence-electron chi connectivity index (χ4n) is 5.93. The van der Waals surface area contributed by atoms with Gasteiger partial charge in [0.25, 0.3) is 5.91 Å². The maximum absolute atomic E-state index is 13.8. The predicted octanol–water partition coefficient (Wildman–Crippen LogP) is 3.59. The summed E-state index contributed by atoms with van der Waals surface area (Å²) in [4.78, 5) is 37.4. The number of aromatic amines is 2. The largest absolute Gasteiger partial charge is 0.391 e. The van der Waals surface area contributed by atoms with E-state index in [1.54, 1.807) is 18.6 Å². The molecule has 216 valence electrons. The van der Waals surface area contributed by atoms with Gasteiger partial charge in [-0.25, -0.2) is 4.98 Å². The Bertz CT molecular complexity index is 1230. The third-order valence-corrected chi connectivity index (χ3v) is 8.40. The Morgan fingerprint density at radius 2 is 1.95 bits per heavy atom. The van der Waals surface area contributed by atoms with Gasteiger partial charge in [-0.2, -0.15) is 0 Å². The average Bonchev–Trinajstić information content (AvgIpc) is 3.68. The number of fused-ring (bicyclic) bond motifs is 1. The molecule has 10 nitrogen and oxygen atoms in total. The van der Waals surface area contributed by atoms with E-state index in [1.165, 1.54) is 6.42 Å². The number of carbonyl (C=O) groups is 2. The van der Waals surface area contributed by atoms with Gasteiger partial charge in [-0.1, -0.05) is 50.3 Å². The van der Waals surface area contributed by atoms with Crippen LogP contribution in [0.15, 0.2) is 42.9 Å². The van der Waals surface area contributed by atoms with Gasteiger partial charge >= 0.3 is 0 Å². The number of hydrogen-bond acceptors (Lipinski definition) is 6. The first kappa shape index (κ1) is 28.3. The zero-order valence-corrected chi connectivity index (χ0v) is 23.3. The molecular formula is C30H41N5O5. The van der Waals surface area contributed by atoms with Crippen molar-refractivity contribution >= 4 is 22.7 Å². The number of para-hydroxylation sites is 1. The number of benzene rings is 1. The van der Waals surface area contributed by atoms with Crippen LogP contribution in [0.1, 0.15) is 75.0 Å². The van der Waals surface area contributed by atoms with E-state index in [2.05, 4.69) is 25.6 Å². The first-order chi connectivity index (χ1) is 19.3. The standard InChI is InChI=1S/C30H41N5O5/c1-30(2)27(39-18-40-30)15-26(36)23(12-19-8-4-3-5-9-19)34-29(38)25(14-21-16-31-17-32-21)35-28(37)24-13-20-10-6-7-11-22(20)33-24/h6-7,10-11,13,16-17,19,23,25-27,33,36H,3-5,8-9,12,14-15,18H2,1-2H3,(H,31,32)(H,34,38)(H,35,37)/t23-,25-,26-,27-/m0/s1. The van der Waals surface area contributed by atoms with E-state index >= 15 is 0 Å². The number of H-pyrrole nitrogens is 2. The normalized spacial score (nSPS) is 21.6. The molecule has 0 radical (unpaired) electrons. The quantitative estimate of drug-likeness (QED) is 0.247. The topological polar surface area (TPSA) is 141 Å². The summed E-state index contributed by atoms with van der Waals surface area (Å²) in [5.41, 5.74) is 1.36. The summed E-state index contributed by atoms with van der Waals surface area (Å²) in [7, 11) is 0. The van der Waals surface area contributed by atoms with E-state index in [9.17, 15) is 14.7 Å². The highest BCUT2D eigenvalue weighted by Gasteiger charge is 2.40. The van der Waals surface area contributed by atoms with Crippen molar-refractivity contribution in [2.24, 2.45) is 5.92 Å². The van der Waals surface area contributed by atoms with Crippen molar-refractivity contribution in [3.63, 3.8) is 0 Å². The summed E-state index contributed by atoms with van der Waals surface area (Å²) in [6.07, 6.45) is 9.09. The van der Waals surface area contributed by atoms with Crippen molar-refractivity contribution in [2.75, 3.05) is 6.79 Å². The number of rotatable bonds is 11. The van der Waals surface area contributed by atoms with E-state index in [4.69, 9.17) is 9.47 Å². The lowest BCUT2D eigenvalue weighted by Gasteiger charge is -2.33. The van der Waals surface area contributed by atoms with Crippen LogP contribution in [-0.4, -0.2) is 68.6 Å². The minimum absolute atomic E-state index is 0.190. The molecular weight excluding hydrogens is 510 g/mol. The van der Waals surface area contributed by atoms with Crippen molar-refractivity contribution in [3.8, 4) is 0 Å². The first-order valence-electron chi connectivity index (χ1n) is 14.4. The highest BCUT2D eigenvalue weighted by Crippen LogP contribution is 2.32. The molecule has 0 unspecified atom stereocenters. The van der Waals surface area contributed by atoms with Crippen molar-refractivity contribution in [2.45, 2.75) is 95.1 Å². The SMILES string of the molecule is CC1(C)OCO[C@H]1C[C@H](O)[C@H](CC1CCCCC1)NC(=O)[C@H](Cc1c[nH]cn1)NC(=O)c1cc2ccccc2[nH]1. The van der Waals surface area contributed by atoms with Crippen LogP contribution in [0.3, 0.4) is 0 Å². The molecule has 1 aliphatic carbocycles. The molecule has 3 aromatic rings. The van der Waals surface area contributed by atoms with Crippen LogP contribution in [0, 0.1) is 5.92 Å². The summed E-state index contributed by atoms with van der Waals surface area (Å²) < 4.78 is 11.4. The number of amides is 2. The molecule has 0 spiro atoms. The van der Waals surface area contributed by atoms with E-state index < -0.39 is 23.8 Å². The number of nitrogens with zero attached hydrogens (tertiary/aromatic N) is 1. The first-order valence-corrected chi connectivity index (χ1v) is 14.4. The number of aromatic nitrogens is 3. The Hall–Kier alpha value is -3.21. The molecule has 2 fully saturated rings. The third-order valence-electron chi connectivity index (χ3n) is 8.40. The molecule has 1 aromatic carbocycles. The molecule has 0 bridgehead atoms. The second-order valence-electron chi connectivity index (χ2n) is 11.7. The van der Waals surface area contributed by atoms with Gasteiger partial charge in [0.05, 0.1) is 35.9 Å². The van der Waals surface area contributed by atoms with Gasteiger partial charge in [-0.15, -0.1) is 0 Å². The number of carbonyl (C=O) groups excluding carboxylic acids is 2. The lowest BCUT2D eigenvalue weighted by molar-refractivity contribution is -0.125. The van der Waals surface area contributed by atoms with Crippen LogP contribution in [0.4, 0.5) is 0 Å². The fraction of sp³-hybridized carbons (Fsp3) is 0.567. The molecule has 5 rings (SSSR count). The van der Waals surface area contributed by atoms with Gasteiger partial charge in [0.15, 0.2) is 0 Å².